The Labute approximate surface area is 215 Å². The second-order valence-corrected chi connectivity index (χ2v) is 10.2. The topological polar surface area (TPSA) is 87.8 Å². The number of imidazole rings is 1. The summed E-state index contributed by atoms with van der Waals surface area (Å²) in [5.74, 6) is -0.557. The number of nitrogens with zero attached hydrogens (tertiary/aromatic N) is 4. The summed E-state index contributed by atoms with van der Waals surface area (Å²) in [6, 6.07) is 14.3. The van der Waals surface area contributed by atoms with Crippen molar-refractivity contribution in [3.8, 4) is 0 Å². The van der Waals surface area contributed by atoms with Crippen LogP contribution < -0.4 is 5.69 Å². The quantitative estimate of drug-likeness (QED) is 0.534. The van der Waals surface area contributed by atoms with E-state index >= 15 is 0 Å². The molecule has 3 aromatic rings. The number of fused-ring (bicyclic) bond motifs is 3. The van der Waals surface area contributed by atoms with E-state index in [-0.39, 0.29) is 55.4 Å². The molecule has 10 heteroatoms. The van der Waals surface area contributed by atoms with Crippen LogP contribution in [0.5, 0.6) is 0 Å². The molecule has 1 aromatic heterocycles. The third kappa shape index (κ3) is 4.22. The summed E-state index contributed by atoms with van der Waals surface area (Å²) in [6.45, 7) is 2.73. The van der Waals surface area contributed by atoms with E-state index in [1.165, 1.54) is 4.57 Å². The average Bonchev–Trinajstić information content (AvgIpc) is 3.05. The molecule has 2 atom stereocenters. The molecule has 8 nitrogen and oxygen atoms in total. The second kappa shape index (κ2) is 9.29. The number of halogens is 2. The van der Waals surface area contributed by atoms with Gasteiger partial charge in [-0.25, -0.2) is 4.79 Å². The van der Waals surface area contributed by atoms with Crippen LogP contribution in [0, 0.1) is 0 Å². The highest BCUT2D eigenvalue weighted by Crippen LogP contribution is 2.29. The Balaban J connectivity index is 1.52. The fourth-order valence-electron chi connectivity index (χ4n) is 4.87. The molecule has 0 bridgehead atoms. The summed E-state index contributed by atoms with van der Waals surface area (Å²) in [5.41, 5.74) is 1.75. The fraction of sp³-hybridized carbons (Fsp3) is 0.320. The van der Waals surface area contributed by atoms with Gasteiger partial charge in [-0.1, -0.05) is 41.9 Å². The average molecular weight is 560 g/mol. The van der Waals surface area contributed by atoms with E-state index in [1.807, 2.05) is 37.3 Å². The van der Waals surface area contributed by atoms with Crippen molar-refractivity contribution in [3.05, 3.63) is 91.0 Å². The van der Waals surface area contributed by atoms with Crippen molar-refractivity contribution in [2.45, 2.75) is 38.7 Å². The van der Waals surface area contributed by atoms with Crippen molar-refractivity contribution in [3.63, 3.8) is 0 Å². The SMILES string of the molecule is CC(c1ccccc1)N1C[C@H](O)Cn2c(c3n(c2=O)CCN(C(=O)c2ccc(Br)c(Cl)c2)C3)C1=O. The maximum absolute atomic E-state index is 13.8. The second-order valence-electron chi connectivity index (χ2n) is 8.89. The van der Waals surface area contributed by atoms with Gasteiger partial charge in [-0.15, -0.1) is 0 Å². The molecule has 2 aromatic carbocycles. The summed E-state index contributed by atoms with van der Waals surface area (Å²) in [5, 5.41) is 11.1. The molecule has 1 unspecified atom stereocenters. The van der Waals surface area contributed by atoms with E-state index in [0.717, 1.165) is 5.56 Å². The van der Waals surface area contributed by atoms with Crippen molar-refractivity contribution >= 4 is 39.3 Å². The Kier molecular flexibility index (Phi) is 6.33. The monoisotopic (exact) mass is 558 g/mol. The van der Waals surface area contributed by atoms with E-state index in [4.69, 9.17) is 11.6 Å². The van der Waals surface area contributed by atoms with Gasteiger partial charge in [-0.3, -0.25) is 18.7 Å². The van der Waals surface area contributed by atoms with Crippen molar-refractivity contribution in [1.29, 1.82) is 0 Å². The molecule has 0 saturated carbocycles. The minimum absolute atomic E-state index is 0.0220. The van der Waals surface area contributed by atoms with Crippen LogP contribution in [0.3, 0.4) is 0 Å². The largest absolute Gasteiger partial charge is 0.389 e. The minimum atomic E-state index is -0.892. The molecule has 3 heterocycles. The molecule has 0 aliphatic carbocycles. The van der Waals surface area contributed by atoms with Crippen molar-refractivity contribution in [2.24, 2.45) is 0 Å². The van der Waals surface area contributed by atoms with Crippen LogP contribution in [0.1, 0.15) is 45.1 Å². The van der Waals surface area contributed by atoms with Crippen LogP contribution in [0.15, 0.2) is 57.8 Å². The molecule has 2 aliphatic heterocycles. The number of aliphatic hydroxyl groups excluding tert-OH is 1. The van der Waals surface area contributed by atoms with Crippen LogP contribution in [0.4, 0.5) is 0 Å². The van der Waals surface area contributed by atoms with Crippen LogP contribution in [-0.2, 0) is 19.6 Å². The Morgan fingerprint density at radius 2 is 1.83 bits per heavy atom. The molecule has 0 radical (unpaired) electrons. The summed E-state index contributed by atoms with van der Waals surface area (Å²) in [4.78, 5) is 43.5. The van der Waals surface area contributed by atoms with Crippen LogP contribution in [0.25, 0.3) is 0 Å². The van der Waals surface area contributed by atoms with Gasteiger partial charge < -0.3 is 14.9 Å². The van der Waals surface area contributed by atoms with Gasteiger partial charge in [0.05, 0.1) is 36.0 Å². The lowest BCUT2D eigenvalue weighted by Crippen LogP contribution is -2.42. The molecule has 2 aliphatic rings. The molecule has 2 amide bonds. The molecule has 5 rings (SSSR count). The van der Waals surface area contributed by atoms with Crippen LogP contribution >= 0.6 is 27.5 Å². The van der Waals surface area contributed by atoms with Crippen molar-refractivity contribution in [2.75, 3.05) is 13.1 Å². The zero-order chi connectivity index (χ0) is 24.9. The van der Waals surface area contributed by atoms with Gasteiger partial charge in [0.15, 0.2) is 0 Å². The van der Waals surface area contributed by atoms with Crippen molar-refractivity contribution in [1.82, 2.24) is 18.9 Å². The van der Waals surface area contributed by atoms with Gasteiger partial charge in [-0.2, -0.15) is 0 Å². The molecular formula is C25H24BrClN4O4. The lowest BCUT2D eigenvalue weighted by Gasteiger charge is -2.31. The smallest absolute Gasteiger partial charge is 0.329 e. The van der Waals surface area contributed by atoms with Gasteiger partial charge >= 0.3 is 5.69 Å². The first kappa shape index (κ1) is 23.8. The van der Waals surface area contributed by atoms with E-state index in [0.29, 0.717) is 27.3 Å². The highest BCUT2D eigenvalue weighted by molar-refractivity contribution is 9.10. The summed E-state index contributed by atoms with van der Waals surface area (Å²) in [6.07, 6.45) is -0.892. The zero-order valence-electron chi connectivity index (χ0n) is 19.0. The Hall–Kier alpha value is -2.88. The van der Waals surface area contributed by atoms with E-state index < -0.39 is 6.10 Å². The third-order valence-corrected chi connectivity index (χ3v) is 7.96. The number of hydrogen-bond acceptors (Lipinski definition) is 4. The maximum Gasteiger partial charge on any atom is 0.329 e. The number of carbonyl (C=O) groups is 2. The number of aliphatic hydroxyl groups is 1. The number of carbonyl (C=O) groups excluding carboxylic acids is 2. The molecular weight excluding hydrogens is 536 g/mol. The van der Waals surface area contributed by atoms with E-state index in [1.54, 1.807) is 32.6 Å². The minimum Gasteiger partial charge on any atom is -0.389 e. The summed E-state index contributed by atoms with van der Waals surface area (Å²) < 4.78 is 3.61. The normalized spacial score (nSPS) is 18.6. The number of amides is 2. The maximum atomic E-state index is 13.8. The van der Waals surface area contributed by atoms with E-state index in [2.05, 4.69) is 15.9 Å². The number of rotatable bonds is 3. The molecule has 0 saturated heterocycles. The molecule has 1 N–H and O–H groups in total. The molecule has 0 spiro atoms. The first-order chi connectivity index (χ1) is 16.8. The van der Waals surface area contributed by atoms with Gasteiger partial charge in [-0.05, 0) is 46.6 Å². The Morgan fingerprint density at radius 1 is 1.09 bits per heavy atom. The third-order valence-electron chi connectivity index (χ3n) is 6.73. The van der Waals surface area contributed by atoms with Crippen LogP contribution in [0.2, 0.25) is 5.02 Å². The summed E-state index contributed by atoms with van der Waals surface area (Å²) >= 11 is 9.52. The standard InChI is InChI=1S/C25H24BrClN4O4/c1-15(16-5-3-2-4-6-16)30-12-18(32)13-31-22(24(30)34)21-14-28(9-10-29(21)25(31)35)23(33)17-7-8-19(26)20(27)11-17/h2-8,11,15,18,32H,9-10,12-14H2,1H3/t15?,18-/m0/s1. The Morgan fingerprint density at radius 3 is 2.54 bits per heavy atom. The van der Waals surface area contributed by atoms with Gasteiger partial charge in [0.25, 0.3) is 11.8 Å². The molecule has 0 fully saturated rings. The van der Waals surface area contributed by atoms with Gasteiger partial charge in [0.2, 0.25) is 0 Å². The highest BCUT2D eigenvalue weighted by Gasteiger charge is 2.38. The lowest BCUT2D eigenvalue weighted by molar-refractivity contribution is 0.0545. The predicted molar refractivity (Wildman–Crippen MR) is 134 cm³/mol. The molecule has 182 valence electrons. The first-order valence-corrected chi connectivity index (χ1v) is 12.5. The van der Waals surface area contributed by atoms with Gasteiger partial charge in [0, 0.05) is 29.7 Å². The number of aromatic nitrogens is 2. The van der Waals surface area contributed by atoms with E-state index in [9.17, 15) is 19.5 Å². The van der Waals surface area contributed by atoms with Gasteiger partial charge in [0.1, 0.15) is 5.69 Å². The summed E-state index contributed by atoms with van der Waals surface area (Å²) in [7, 11) is 0. The van der Waals surface area contributed by atoms with Crippen LogP contribution in [-0.4, -0.2) is 55.0 Å². The first-order valence-electron chi connectivity index (χ1n) is 11.4. The highest BCUT2D eigenvalue weighted by atomic mass is 79.9. The lowest BCUT2D eigenvalue weighted by atomic mass is 10.1. The van der Waals surface area contributed by atoms with Crippen molar-refractivity contribution < 1.29 is 14.7 Å². The number of benzene rings is 2. The molecule has 35 heavy (non-hydrogen) atoms. The fourth-order valence-corrected chi connectivity index (χ4v) is 5.29. The number of hydrogen-bond donors (Lipinski definition) is 1. The zero-order valence-corrected chi connectivity index (χ0v) is 21.4. The Bertz CT molecular complexity index is 1370. The predicted octanol–water partition coefficient (Wildman–Crippen LogP) is 3.30. The number of β-amino-alcohol motifs (C(OH)–C–C–N with tert-alkyl or cyclic N) is 1.